The van der Waals surface area contributed by atoms with Crippen molar-refractivity contribution in [1.82, 2.24) is 15.3 Å². The Balaban J connectivity index is 1.19. The van der Waals surface area contributed by atoms with Crippen LogP contribution in [0.25, 0.3) is 10.9 Å². The fourth-order valence-electron chi connectivity index (χ4n) is 4.71. The van der Waals surface area contributed by atoms with Gasteiger partial charge in [-0.15, -0.1) is 0 Å². The van der Waals surface area contributed by atoms with Crippen LogP contribution in [0.1, 0.15) is 47.2 Å². The lowest BCUT2D eigenvalue weighted by Gasteiger charge is -2.30. The van der Waals surface area contributed by atoms with Gasteiger partial charge in [0.05, 0.1) is 5.52 Å². The van der Waals surface area contributed by atoms with Crippen molar-refractivity contribution in [3.8, 4) is 11.5 Å². The number of fused-ring (bicyclic) bond motifs is 1. The second kappa shape index (κ2) is 10.1. The number of anilines is 1. The van der Waals surface area contributed by atoms with Crippen LogP contribution in [-0.2, 0) is 0 Å². The number of nitrogens with zero attached hydrogens (tertiary/aromatic N) is 2. The van der Waals surface area contributed by atoms with Crippen LogP contribution in [0.3, 0.4) is 0 Å². The van der Waals surface area contributed by atoms with Crippen LogP contribution in [0.4, 0.5) is 5.82 Å². The SMILES string of the molecule is Cc1ccccc1Oc1ccncc1C(=O)NC1CCC(Nc2cc(C)c3ccccc3n2)CC1. The highest BCUT2D eigenvalue weighted by atomic mass is 16.5. The predicted octanol–water partition coefficient (Wildman–Crippen LogP) is 6.19. The second-order valence-corrected chi connectivity index (χ2v) is 9.25. The molecule has 1 amide bonds. The van der Waals surface area contributed by atoms with Crippen molar-refractivity contribution in [1.29, 1.82) is 0 Å². The van der Waals surface area contributed by atoms with Gasteiger partial charge in [0.1, 0.15) is 22.9 Å². The Morgan fingerprint density at radius 3 is 2.46 bits per heavy atom. The molecule has 0 atom stereocenters. The topological polar surface area (TPSA) is 76.1 Å². The summed E-state index contributed by atoms with van der Waals surface area (Å²) in [4.78, 5) is 22.0. The molecule has 6 heteroatoms. The van der Waals surface area contributed by atoms with Gasteiger partial charge in [-0.05, 0) is 74.9 Å². The first-order chi connectivity index (χ1) is 17.1. The van der Waals surface area contributed by atoms with E-state index < -0.39 is 0 Å². The lowest BCUT2D eigenvalue weighted by Crippen LogP contribution is -2.40. The average Bonchev–Trinajstić information content (AvgIpc) is 2.87. The third kappa shape index (κ3) is 5.27. The second-order valence-electron chi connectivity index (χ2n) is 9.25. The molecule has 2 N–H and O–H groups in total. The zero-order chi connectivity index (χ0) is 24.2. The zero-order valence-corrected chi connectivity index (χ0v) is 20.1. The summed E-state index contributed by atoms with van der Waals surface area (Å²) in [5, 5.41) is 7.98. The van der Waals surface area contributed by atoms with Gasteiger partial charge in [-0.25, -0.2) is 4.98 Å². The molecule has 0 spiro atoms. The molecule has 6 nitrogen and oxygen atoms in total. The summed E-state index contributed by atoms with van der Waals surface area (Å²) in [6.07, 6.45) is 6.97. The largest absolute Gasteiger partial charge is 0.456 e. The van der Waals surface area contributed by atoms with E-state index >= 15 is 0 Å². The fourth-order valence-corrected chi connectivity index (χ4v) is 4.71. The maximum atomic E-state index is 13.1. The lowest BCUT2D eigenvalue weighted by atomic mass is 9.91. The number of amides is 1. The maximum Gasteiger partial charge on any atom is 0.256 e. The number of rotatable bonds is 6. The van der Waals surface area contributed by atoms with Crippen LogP contribution in [0.2, 0.25) is 0 Å². The van der Waals surface area contributed by atoms with Crippen LogP contribution < -0.4 is 15.4 Å². The summed E-state index contributed by atoms with van der Waals surface area (Å²) in [6, 6.07) is 20.3. The first kappa shape index (κ1) is 22.8. The van der Waals surface area contributed by atoms with Crippen molar-refractivity contribution in [2.75, 3.05) is 5.32 Å². The highest BCUT2D eigenvalue weighted by Crippen LogP contribution is 2.28. The minimum atomic E-state index is -0.148. The monoisotopic (exact) mass is 466 g/mol. The number of pyridine rings is 2. The number of para-hydroxylation sites is 2. The van der Waals surface area contributed by atoms with Gasteiger partial charge in [-0.2, -0.15) is 0 Å². The number of ether oxygens (including phenoxy) is 1. The predicted molar refractivity (Wildman–Crippen MR) is 139 cm³/mol. The van der Waals surface area contributed by atoms with Gasteiger partial charge in [0.15, 0.2) is 0 Å². The molecule has 0 saturated heterocycles. The molecule has 0 unspecified atom stereocenters. The van der Waals surface area contributed by atoms with Crippen LogP contribution in [0, 0.1) is 13.8 Å². The first-order valence-electron chi connectivity index (χ1n) is 12.2. The Morgan fingerprint density at radius 2 is 1.63 bits per heavy atom. The van der Waals surface area contributed by atoms with E-state index in [-0.39, 0.29) is 11.9 Å². The molecular formula is C29H30N4O2. The Kier molecular flexibility index (Phi) is 6.62. The normalized spacial score (nSPS) is 17.7. The molecule has 2 heterocycles. The molecule has 2 aromatic carbocycles. The van der Waals surface area contributed by atoms with Gasteiger partial charge in [0, 0.05) is 29.9 Å². The van der Waals surface area contributed by atoms with E-state index in [0.29, 0.717) is 17.4 Å². The molecule has 35 heavy (non-hydrogen) atoms. The third-order valence-electron chi connectivity index (χ3n) is 6.68. The Labute approximate surface area is 205 Å². The number of benzene rings is 2. The minimum absolute atomic E-state index is 0.123. The maximum absolute atomic E-state index is 13.1. The zero-order valence-electron chi connectivity index (χ0n) is 20.1. The number of carbonyl (C=O) groups is 1. The summed E-state index contributed by atoms with van der Waals surface area (Å²) >= 11 is 0. The van der Waals surface area contributed by atoms with Crippen molar-refractivity contribution < 1.29 is 9.53 Å². The summed E-state index contributed by atoms with van der Waals surface area (Å²) in [5.41, 5.74) is 3.69. The van der Waals surface area contributed by atoms with E-state index in [9.17, 15) is 4.79 Å². The van der Waals surface area contributed by atoms with Gasteiger partial charge in [-0.3, -0.25) is 9.78 Å². The molecule has 5 rings (SSSR count). The summed E-state index contributed by atoms with van der Waals surface area (Å²) < 4.78 is 6.06. The van der Waals surface area contributed by atoms with Crippen LogP contribution in [0.5, 0.6) is 11.5 Å². The van der Waals surface area contributed by atoms with E-state index in [2.05, 4.69) is 40.7 Å². The molecule has 0 aliphatic heterocycles. The van der Waals surface area contributed by atoms with Gasteiger partial charge in [0.25, 0.3) is 5.91 Å². The van der Waals surface area contributed by atoms with Crippen molar-refractivity contribution in [2.45, 2.75) is 51.6 Å². The van der Waals surface area contributed by atoms with E-state index in [1.165, 1.54) is 10.9 Å². The Hall–Kier alpha value is -3.93. The Bertz CT molecular complexity index is 1350. The van der Waals surface area contributed by atoms with Gasteiger partial charge < -0.3 is 15.4 Å². The number of nitrogens with one attached hydrogen (secondary N) is 2. The van der Waals surface area contributed by atoms with E-state index in [1.54, 1.807) is 18.5 Å². The minimum Gasteiger partial charge on any atom is -0.456 e. The smallest absolute Gasteiger partial charge is 0.256 e. The quantitative estimate of drug-likeness (QED) is 0.354. The summed E-state index contributed by atoms with van der Waals surface area (Å²) in [7, 11) is 0. The van der Waals surface area contributed by atoms with Gasteiger partial charge in [-0.1, -0.05) is 36.4 Å². The lowest BCUT2D eigenvalue weighted by molar-refractivity contribution is 0.0924. The number of hydrogen-bond acceptors (Lipinski definition) is 5. The number of hydrogen-bond donors (Lipinski definition) is 2. The van der Waals surface area contributed by atoms with E-state index in [1.807, 2.05) is 43.3 Å². The van der Waals surface area contributed by atoms with Crippen molar-refractivity contribution in [2.24, 2.45) is 0 Å². The molecule has 1 aliphatic rings. The van der Waals surface area contributed by atoms with E-state index in [4.69, 9.17) is 9.72 Å². The number of aromatic nitrogens is 2. The van der Waals surface area contributed by atoms with Gasteiger partial charge in [0.2, 0.25) is 0 Å². The van der Waals surface area contributed by atoms with Crippen LogP contribution >= 0.6 is 0 Å². The summed E-state index contributed by atoms with van der Waals surface area (Å²) in [6.45, 7) is 4.11. The number of carbonyl (C=O) groups excluding carboxylic acids is 1. The molecule has 0 bridgehead atoms. The van der Waals surface area contributed by atoms with Crippen molar-refractivity contribution in [3.63, 3.8) is 0 Å². The standard InChI is InChI=1S/C29H30N4O2/c1-19-7-3-6-10-26(19)35-27-15-16-30-18-24(27)29(34)32-22-13-11-21(12-14-22)31-28-17-20(2)23-8-4-5-9-25(23)33-28/h3-10,15-18,21-22H,11-14H2,1-2H3,(H,31,33)(H,32,34). The van der Waals surface area contributed by atoms with Gasteiger partial charge >= 0.3 is 0 Å². The van der Waals surface area contributed by atoms with Crippen LogP contribution in [0.15, 0.2) is 73.1 Å². The molecule has 1 aliphatic carbocycles. The third-order valence-corrected chi connectivity index (χ3v) is 6.68. The average molecular weight is 467 g/mol. The van der Waals surface area contributed by atoms with Crippen LogP contribution in [-0.4, -0.2) is 28.0 Å². The number of aryl methyl sites for hydroxylation is 2. The van der Waals surface area contributed by atoms with Crippen molar-refractivity contribution >= 4 is 22.6 Å². The molecule has 2 aromatic heterocycles. The molecule has 178 valence electrons. The molecule has 1 fully saturated rings. The first-order valence-corrected chi connectivity index (χ1v) is 12.2. The molecule has 0 radical (unpaired) electrons. The summed E-state index contributed by atoms with van der Waals surface area (Å²) in [5.74, 6) is 2.02. The molecule has 1 saturated carbocycles. The molecule has 4 aromatic rings. The Morgan fingerprint density at radius 1 is 0.886 bits per heavy atom. The van der Waals surface area contributed by atoms with Crippen molar-refractivity contribution in [3.05, 3.63) is 89.7 Å². The molecular weight excluding hydrogens is 436 g/mol. The highest BCUT2D eigenvalue weighted by molar-refractivity contribution is 5.96. The van der Waals surface area contributed by atoms with E-state index in [0.717, 1.165) is 48.3 Å². The highest BCUT2D eigenvalue weighted by Gasteiger charge is 2.24. The fraction of sp³-hybridized carbons (Fsp3) is 0.276.